The van der Waals surface area contributed by atoms with Gasteiger partial charge in [-0.15, -0.1) is 0 Å². The maximum atomic E-state index is 12.1. The van der Waals surface area contributed by atoms with Gasteiger partial charge in [0.2, 0.25) is 0 Å². The van der Waals surface area contributed by atoms with Crippen LogP contribution in [-0.4, -0.2) is 17.6 Å². The fraction of sp³-hybridized carbons (Fsp3) is 0.250. The Morgan fingerprint density at radius 1 is 1.08 bits per heavy atom. The molecular formula is C20H23N3O. The van der Waals surface area contributed by atoms with Crippen molar-refractivity contribution in [2.24, 2.45) is 0 Å². The van der Waals surface area contributed by atoms with Gasteiger partial charge < -0.3 is 15.6 Å². The normalized spacial score (nSPS) is 12.1. The molecule has 0 radical (unpaired) electrons. The molecular weight excluding hydrogens is 298 g/mol. The fourth-order valence-corrected chi connectivity index (χ4v) is 3.03. The number of benzene rings is 2. The van der Waals surface area contributed by atoms with Crippen LogP contribution in [0.15, 0.2) is 54.6 Å². The lowest BCUT2D eigenvalue weighted by atomic mass is 10.1. The first kappa shape index (κ1) is 16.1. The molecule has 0 aliphatic heterocycles. The number of rotatable bonds is 5. The molecule has 0 saturated carbocycles. The number of carbonyl (C=O) groups excluding carboxylic acids is 1. The third kappa shape index (κ3) is 3.59. The highest BCUT2D eigenvalue weighted by atomic mass is 16.2. The van der Waals surface area contributed by atoms with Gasteiger partial charge in [-0.05, 0) is 37.5 Å². The number of hydrogen-bond donors (Lipinski definition) is 3. The zero-order chi connectivity index (χ0) is 16.9. The average Bonchev–Trinajstić information content (AvgIpc) is 2.91. The predicted octanol–water partition coefficient (Wildman–Crippen LogP) is 4.08. The molecule has 0 fully saturated rings. The van der Waals surface area contributed by atoms with Gasteiger partial charge in [0, 0.05) is 23.1 Å². The Morgan fingerprint density at radius 3 is 2.58 bits per heavy atom. The Morgan fingerprint density at radius 2 is 1.79 bits per heavy atom. The van der Waals surface area contributed by atoms with E-state index in [-0.39, 0.29) is 12.1 Å². The Hall–Kier alpha value is -2.75. The largest absolute Gasteiger partial charge is 0.358 e. The highest BCUT2D eigenvalue weighted by Gasteiger charge is 2.10. The van der Waals surface area contributed by atoms with E-state index in [0.29, 0.717) is 6.54 Å². The summed E-state index contributed by atoms with van der Waals surface area (Å²) in [6, 6.07) is 18.1. The number of H-pyrrole nitrogens is 1. The Kier molecular flexibility index (Phi) is 4.85. The number of aryl methyl sites for hydroxylation is 1. The smallest absolute Gasteiger partial charge is 0.315 e. The standard InChI is InChI=1S/C20H23N3O/c1-14(16-8-4-3-5-9-16)23-20(24)21-13-12-17-15(2)22-19-11-7-6-10-18(17)19/h3-11,14,22H,12-13H2,1-2H3,(H2,21,23,24). The van der Waals surface area contributed by atoms with Crippen molar-refractivity contribution in [3.63, 3.8) is 0 Å². The van der Waals surface area contributed by atoms with Gasteiger partial charge >= 0.3 is 6.03 Å². The molecule has 1 atom stereocenters. The Labute approximate surface area is 142 Å². The van der Waals surface area contributed by atoms with Crippen molar-refractivity contribution in [3.05, 3.63) is 71.4 Å². The number of amides is 2. The van der Waals surface area contributed by atoms with E-state index in [4.69, 9.17) is 0 Å². The molecule has 2 amide bonds. The summed E-state index contributed by atoms with van der Waals surface area (Å²) < 4.78 is 0. The van der Waals surface area contributed by atoms with Gasteiger partial charge in [-0.25, -0.2) is 4.79 Å². The molecule has 1 unspecified atom stereocenters. The summed E-state index contributed by atoms with van der Waals surface area (Å²) in [5.74, 6) is 0. The second-order valence-corrected chi connectivity index (χ2v) is 6.06. The minimum absolute atomic E-state index is 0.0129. The number of para-hydroxylation sites is 1. The maximum Gasteiger partial charge on any atom is 0.315 e. The second-order valence-electron chi connectivity index (χ2n) is 6.06. The zero-order valence-electron chi connectivity index (χ0n) is 14.1. The highest BCUT2D eigenvalue weighted by Crippen LogP contribution is 2.21. The van der Waals surface area contributed by atoms with Gasteiger partial charge in [-0.1, -0.05) is 48.5 Å². The van der Waals surface area contributed by atoms with E-state index in [2.05, 4.69) is 34.7 Å². The number of aromatic amines is 1. The molecule has 0 aliphatic rings. The number of urea groups is 1. The summed E-state index contributed by atoms with van der Waals surface area (Å²) in [6.07, 6.45) is 0.809. The second kappa shape index (κ2) is 7.21. The lowest BCUT2D eigenvalue weighted by Crippen LogP contribution is -2.38. The number of fused-ring (bicyclic) bond motifs is 1. The van der Waals surface area contributed by atoms with Gasteiger partial charge in [-0.2, -0.15) is 0 Å². The fourth-order valence-electron chi connectivity index (χ4n) is 3.03. The third-order valence-electron chi connectivity index (χ3n) is 4.33. The van der Waals surface area contributed by atoms with Crippen molar-refractivity contribution in [1.82, 2.24) is 15.6 Å². The number of carbonyl (C=O) groups is 1. The number of aromatic nitrogens is 1. The molecule has 124 valence electrons. The lowest BCUT2D eigenvalue weighted by molar-refractivity contribution is 0.238. The van der Waals surface area contributed by atoms with Gasteiger partial charge in [0.15, 0.2) is 0 Å². The molecule has 3 aromatic rings. The quantitative estimate of drug-likeness (QED) is 0.651. The molecule has 4 heteroatoms. The van der Waals surface area contributed by atoms with Gasteiger partial charge in [-0.3, -0.25) is 0 Å². The van der Waals surface area contributed by atoms with Crippen LogP contribution in [0.4, 0.5) is 4.79 Å². The molecule has 0 spiro atoms. The summed E-state index contributed by atoms with van der Waals surface area (Å²) in [6.45, 7) is 4.67. The van der Waals surface area contributed by atoms with Crippen LogP contribution in [0.2, 0.25) is 0 Å². The topological polar surface area (TPSA) is 56.9 Å². The monoisotopic (exact) mass is 321 g/mol. The van der Waals surface area contributed by atoms with Crippen molar-refractivity contribution in [1.29, 1.82) is 0 Å². The molecule has 0 saturated heterocycles. The van der Waals surface area contributed by atoms with Crippen molar-refractivity contribution < 1.29 is 4.79 Å². The van der Waals surface area contributed by atoms with Gasteiger partial charge in [0.25, 0.3) is 0 Å². The van der Waals surface area contributed by atoms with Crippen molar-refractivity contribution in [2.45, 2.75) is 26.3 Å². The molecule has 3 rings (SSSR count). The molecule has 0 aliphatic carbocycles. The van der Waals surface area contributed by atoms with Crippen LogP contribution >= 0.6 is 0 Å². The van der Waals surface area contributed by atoms with E-state index in [1.54, 1.807) is 0 Å². The summed E-state index contributed by atoms with van der Waals surface area (Å²) in [5.41, 5.74) is 4.67. The molecule has 0 bridgehead atoms. The van der Waals surface area contributed by atoms with Crippen LogP contribution in [0.25, 0.3) is 10.9 Å². The minimum Gasteiger partial charge on any atom is -0.358 e. The maximum absolute atomic E-state index is 12.1. The minimum atomic E-state index is -0.135. The van der Waals surface area contributed by atoms with E-state index in [9.17, 15) is 4.79 Å². The highest BCUT2D eigenvalue weighted by molar-refractivity contribution is 5.84. The van der Waals surface area contributed by atoms with E-state index < -0.39 is 0 Å². The molecule has 3 N–H and O–H groups in total. The van der Waals surface area contributed by atoms with E-state index in [0.717, 1.165) is 23.2 Å². The van der Waals surface area contributed by atoms with Crippen molar-refractivity contribution in [2.75, 3.05) is 6.54 Å². The lowest BCUT2D eigenvalue weighted by Gasteiger charge is -2.15. The number of nitrogens with one attached hydrogen (secondary N) is 3. The molecule has 4 nitrogen and oxygen atoms in total. The summed E-state index contributed by atoms with van der Waals surface area (Å²) in [5, 5.41) is 7.15. The third-order valence-corrected chi connectivity index (χ3v) is 4.33. The Bertz CT molecular complexity index is 823. The summed E-state index contributed by atoms with van der Waals surface area (Å²) in [7, 11) is 0. The van der Waals surface area contributed by atoms with Gasteiger partial charge in [0.1, 0.15) is 0 Å². The average molecular weight is 321 g/mol. The Balaban J connectivity index is 1.54. The first-order valence-electron chi connectivity index (χ1n) is 8.30. The van der Waals surface area contributed by atoms with Crippen molar-refractivity contribution in [3.8, 4) is 0 Å². The summed E-state index contributed by atoms with van der Waals surface area (Å²) in [4.78, 5) is 15.5. The van der Waals surface area contributed by atoms with Crippen molar-refractivity contribution >= 4 is 16.9 Å². The molecule has 24 heavy (non-hydrogen) atoms. The number of hydrogen-bond acceptors (Lipinski definition) is 1. The predicted molar refractivity (Wildman–Crippen MR) is 98.1 cm³/mol. The van der Waals surface area contributed by atoms with E-state index in [1.165, 1.54) is 10.9 Å². The van der Waals surface area contributed by atoms with Crippen LogP contribution in [0.5, 0.6) is 0 Å². The molecule has 1 heterocycles. The van der Waals surface area contributed by atoms with Crippen LogP contribution in [-0.2, 0) is 6.42 Å². The first-order valence-corrected chi connectivity index (χ1v) is 8.30. The SMILES string of the molecule is Cc1[nH]c2ccccc2c1CCNC(=O)NC(C)c1ccccc1. The molecule has 1 aromatic heterocycles. The van der Waals surface area contributed by atoms with Crippen LogP contribution in [0, 0.1) is 6.92 Å². The van der Waals surface area contributed by atoms with Crippen LogP contribution in [0.1, 0.15) is 29.8 Å². The molecule has 2 aromatic carbocycles. The van der Waals surface area contributed by atoms with Crippen LogP contribution < -0.4 is 10.6 Å². The first-order chi connectivity index (χ1) is 11.6. The van der Waals surface area contributed by atoms with E-state index >= 15 is 0 Å². The van der Waals surface area contributed by atoms with E-state index in [1.807, 2.05) is 49.4 Å². The van der Waals surface area contributed by atoms with Gasteiger partial charge in [0.05, 0.1) is 6.04 Å². The zero-order valence-corrected chi connectivity index (χ0v) is 14.1. The van der Waals surface area contributed by atoms with Crippen LogP contribution in [0.3, 0.4) is 0 Å². The summed E-state index contributed by atoms with van der Waals surface area (Å²) >= 11 is 0.